The van der Waals surface area contributed by atoms with E-state index in [9.17, 15) is 13.2 Å². The molecule has 1 aromatic carbocycles. The summed E-state index contributed by atoms with van der Waals surface area (Å²) in [5, 5.41) is 2.97. The molecular formula is C12H15BrF3NOS. The molecule has 0 fully saturated rings. The van der Waals surface area contributed by atoms with E-state index in [1.54, 1.807) is 23.9 Å². The molecule has 108 valence electrons. The average molecular weight is 358 g/mol. The van der Waals surface area contributed by atoms with Crippen LogP contribution >= 0.6 is 27.7 Å². The molecule has 19 heavy (non-hydrogen) atoms. The first-order valence-corrected chi connectivity index (χ1v) is 7.89. The number of rotatable bonds is 7. The Labute approximate surface area is 123 Å². The Morgan fingerprint density at radius 1 is 1.32 bits per heavy atom. The van der Waals surface area contributed by atoms with Crippen LogP contribution in [0.25, 0.3) is 0 Å². The van der Waals surface area contributed by atoms with Gasteiger partial charge in [-0.05, 0) is 43.0 Å². The molecule has 0 aliphatic heterocycles. The van der Waals surface area contributed by atoms with Gasteiger partial charge in [-0.2, -0.15) is 11.8 Å². The number of ether oxygens (including phenoxy) is 1. The average Bonchev–Trinajstić information content (AvgIpc) is 2.29. The molecule has 1 rings (SSSR count). The van der Waals surface area contributed by atoms with Gasteiger partial charge in [0.25, 0.3) is 0 Å². The Bertz CT molecular complexity index is 401. The minimum absolute atomic E-state index is 0.216. The van der Waals surface area contributed by atoms with Crippen molar-refractivity contribution in [2.45, 2.75) is 19.2 Å². The third kappa shape index (κ3) is 6.96. The summed E-state index contributed by atoms with van der Waals surface area (Å²) >= 11 is 4.88. The lowest BCUT2D eigenvalue weighted by molar-refractivity contribution is -0.274. The number of alkyl halides is 3. The number of anilines is 1. The van der Waals surface area contributed by atoms with E-state index in [0.29, 0.717) is 16.7 Å². The van der Waals surface area contributed by atoms with E-state index >= 15 is 0 Å². The van der Waals surface area contributed by atoms with E-state index in [2.05, 4.69) is 26.0 Å². The highest BCUT2D eigenvalue weighted by Gasteiger charge is 2.32. The number of nitrogens with one attached hydrogen (secondary N) is 1. The smallest absolute Gasteiger partial charge is 0.404 e. The van der Waals surface area contributed by atoms with Crippen LogP contribution in [0, 0.1) is 0 Å². The number of unbranched alkanes of at least 4 members (excludes halogenated alkanes) is 1. The van der Waals surface area contributed by atoms with Gasteiger partial charge >= 0.3 is 6.36 Å². The van der Waals surface area contributed by atoms with Crippen LogP contribution in [-0.4, -0.2) is 24.9 Å². The molecule has 2 nitrogen and oxygen atoms in total. The van der Waals surface area contributed by atoms with Crippen molar-refractivity contribution < 1.29 is 17.9 Å². The number of hydrogen-bond donors (Lipinski definition) is 1. The Morgan fingerprint density at radius 3 is 2.68 bits per heavy atom. The monoisotopic (exact) mass is 357 g/mol. The molecule has 1 aromatic rings. The van der Waals surface area contributed by atoms with Crippen LogP contribution < -0.4 is 10.1 Å². The van der Waals surface area contributed by atoms with E-state index in [-0.39, 0.29) is 5.75 Å². The first kappa shape index (κ1) is 16.5. The third-order valence-corrected chi connectivity index (χ3v) is 3.45. The zero-order valence-electron chi connectivity index (χ0n) is 10.4. The Morgan fingerprint density at radius 2 is 2.05 bits per heavy atom. The first-order chi connectivity index (χ1) is 8.92. The summed E-state index contributed by atoms with van der Waals surface area (Å²) in [6.07, 6.45) is -0.726. The quantitative estimate of drug-likeness (QED) is 0.701. The minimum Gasteiger partial charge on any atom is -0.404 e. The van der Waals surface area contributed by atoms with E-state index in [4.69, 9.17) is 0 Å². The molecule has 0 aliphatic rings. The molecule has 0 bridgehead atoms. The lowest BCUT2D eigenvalue weighted by Gasteiger charge is -2.15. The molecule has 0 amide bonds. The number of thioether (sulfide) groups is 1. The van der Waals surface area contributed by atoms with Gasteiger partial charge in [0.15, 0.2) is 5.75 Å². The second kappa shape index (κ2) is 7.89. The Kier molecular flexibility index (Phi) is 6.85. The van der Waals surface area contributed by atoms with Crippen molar-refractivity contribution in [1.29, 1.82) is 0 Å². The Hall–Kier alpha value is -0.560. The van der Waals surface area contributed by atoms with Gasteiger partial charge in [0.05, 0.1) is 5.69 Å². The molecule has 0 saturated carbocycles. The van der Waals surface area contributed by atoms with Gasteiger partial charge in [0.1, 0.15) is 0 Å². The van der Waals surface area contributed by atoms with Gasteiger partial charge in [-0.3, -0.25) is 0 Å². The van der Waals surface area contributed by atoms with Gasteiger partial charge < -0.3 is 10.1 Å². The summed E-state index contributed by atoms with van der Waals surface area (Å²) in [7, 11) is 0. The minimum atomic E-state index is -4.68. The third-order valence-electron chi connectivity index (χ3n) is 2.26. The fourth-order valence-electron chi connectivity index (χ4n) is 1.45. The van der Waals surface area contributed by atoms with Crippen molar-refractivity contribution in [3.05, 3.63) is 22.7 Å². The van der Waals surface area contributed by atoms with Crippen molar-refractivity contribution in [2.24, 2.45) is 0 Å². The molecule has 0 aliphatic carbocycles. The standard InChI is InChI=1S/C12H15BrF3NOS/c1-19-7-3-2-6-17-10-5-4-9(13)8-11(10)18-12(14,15)16/h4-5,8,17H,2-3,6-7H2,1H3. The lowest BCUT2D eigenvalue weighted by atomic mass is 10.2. The maximum atomic E-state index is 12.3. The normalized spacial score (nSPS) is 11.4. The van der Waals surface area contributed by atoms with E-state index in [1.165, 1.54) is 6.07 Å². The molecule has 0 aromatic heterocycles. The zero-order chi connectivity index (χ0) is 14.3. The van der Waals surface area contributed by atoms with Crippen molar-refractivity contribution in [1.82, 2.24) is 0 Å². The van der Waals surface area contributed by atoms with E-state index < -0.39 is 6.36 Å². The highest BCUT2D eigenvalue weighted by Crippen LogP contribution is 2.32. The second-order valence-electron chi connectivity index (χ2n) is 3.81. The predicted molar refractivity (Wildman–Crippen MR) is 76.9 cm³/mol. The lowest BCUT2D eigenvalue weighted by Crippen LogP contribution is -2.18. The van der Waals surface area contributed by atoms with Gasteiger partial charge in [-0.25, -0.2) is 0 Å². The number of benzene rings is 1. The molecule has 7 heteroatoms. The van der Waals surface area contributed by atoms with Crippen LogP contribution in [-0.2, 0) is 0 Å². The van der Waals surface area contributed by atoms with Crippen LogP contribution in [0.3, 0.4) is 0 Å². The molecule has 0 unspecified atom stereocenters. The van der Waals surface area contributed by atoms with Crippen LogP contribution in [0.2, 0.25) is 0 Å². The van der Waals surface area contributed by atoms with Crippen LogP contribution in [0.5, 0.6) is 5.75 Å². The maximum Gasteiger partial charge on any atom is 0.573 e. The molecule has 0 radical (unpaired) electrons. The van der Waals surface area contributed by atoms with Gasteiger partial charge in [0.2, 0.25) is 0 Å². The van der Waals surface area contributed by atoms with Crippen LogP contribution in [0.15, 0.2) is 22.7 Å². The Balaban J connectivity index is 2.61. The van der Waals surface area contributed by atoms with E-state index in [0.717, 1.165) is 18.6 Å². The SMILES string of the molecule is CSCCCCNc1ccc(Br)cc1OC(F)(F)F. The summed E-state index contributed by atoms with van der Waals surface area (Å²) in [6, 6.07) is 4.55. The van der Waals surface area contributed by atoms with Crippen molar-refractivity contribution in [3.8, 4) is 5.75 Å². The van der Waals surface area contributed by atoms with Gasteiger partial charge in [0, 0.05) is 11.0 Å². The van der Waals surface area contributed by atoms with Crippen molar-refractivity contribution in [2.75, 3.05) is 23.9 Å². The first-order valence-electron chi connectivity index (χ1n) is 5.70. The highest BCUT2D eigenvalue weighted by molar-refractivity contribution is 9.10. The summed E-state index contributed by atoms with van der Waals surface area (Å²) < 4.78 is 41.4. The molecule has 0 spiro atoms. The molecule has 1 N–H and O–H groups in total. The summed E-state index contributed by atoms with van der Waals surface area (Å²) in [6.45, 7) is 0.621. The topological polar surface area (TPSA) is 21.3 Å². The summed E-state index contributed by atoms with van der Waals surface area (Å²) in [5.74, 6) is 0.834. The van der Waals surface area contributed by atoms with Crippen molar-refractivity contribution >= 4 is 33.4 Å². The zero-order valence-corrected chi connectivity index (χ0v) is 12.8. The van der Waals surface area contributed by atoms with Crippen molar-refractivity contribution in [3.63, 3.8) is 0 Å². The highest BCUT2D eigenvalue weighted by atomic mass is 79.9. The predicted octanol–water partition coefficient (Wildman–Crippen LogP) is 4.90. The molecule has 0 saturated heterocycles. The van der Waals surface area contributed by atoms with Crippen LogP contribution in [0.4, 0.5) is 18.9 Å². The largest absolute Gasteiger partial charge is 0.573 e. The number of halogens is 4. The maximum absolute atomic E-state index is 12.3. The number of hydrogen-bond acceptors (Lipinski definition) is 3. The summed E-state index contributed by atoms with van der Waals surface area (Å²) in [4.78, 5) is 0. The fourth-order valence-corrected chi connectivity index (χ4v) is 2.28. The fraction of sp³-hybridized carbons (Fsp3) is 0.500. The van der Waals surface area contributed by atoms with Gasteiger partial charge in [-0.1, -0.05) is 15.9 Å². The molecular weight excluding hydrogens is 343 g/mol. The van der Waals surface area contributed by atoms with Crippen LogP contribution in [0.1, 0.15) is 12.8 Å². The summed E-state index contributed by atoms with van der Waals surface area (Å²) in [5.41, 5.74) is 0.352. The van der Waals surface area contributed by atoms with E-state index in [1.807, 2.05) is 6.26 Å². The molecule has 0 atom stereocenters. The molecule has 0 heterocycles. The van der Waals surface area contributed by atoms with Gasteiger partial charge in [-0.15, -0.1) is 13.2 Å². The second-order valence-corrected chi connectivity index (χ2v) is 5.72.